The van der Waals surface area contributed by atoms with Gasteiger partial charge in [-0.15, -0.1) is 0 Å². The highest BCUT2D eigenvalue weighted by molar-refractivity contribution is 6.68. The van der Waals surface area contributed by atoms with Crippen LogP contribution in [0.15, 0.2) is 12.3 Å². The Bertz CT molecular complexity index is 355. The van der Waals surface area contributed by atoms with Crippen molar-refractivity contribution >= 4 is 28.4 Å². The highest BCUT2D eigenvalue weighted by Gasteiger charge is 2.12. The van der Waals surface area contributed by atoms with Crippen LogP contribution in [-0.2, 0) is 0 Å². The maximum absolute atomic E-state index is 11.0. The van der Waals surface area contributed by atoms with Crippen molar-refractivity contribution < 1.29 is 9.53 Å². The topological polar surface area (TPSA) is 39.2 Å². The predicted octanol–water partition coefficient (Wildman–Crippen LogP) is 3.29. The van der Waals surface area contributed by atoms with E-state index in [-0.39, 0.29) is 11.4 Å². The van der Waals surface area contributed by atoms with Crippen LogP contribution in [0.4, 0.5) is 0 Å². The van der Waals surface area contributed by atoms with E-state index in [9.17, 15) is 4.79 Å². The number of hydrogen-bond donors (Lipinski definition) is 0. The lowest BCUT2D eigenvalue weighted by atomic mass is 10.3. The van der Waals surface area contributed by atoms with Crippen LogP contribution in [-0.4, -0.2) is 16.8 Å². The smallest absolute Gasteiger partial charge is 0.257 e. The van der Waals surface area contributed by atoms with Crippen LogP contribution in [0.5, 0.6) is 5.88 Å². The van der Waals surface area contributed by atoms with Gasteiger partial charge in [0.2, 0.25) is 5.88 Å². The molecular weight excluding hydrogens is 237 g/mol. The van der Waals surface area contributed by atoms with E-state index in [0.717, 1.165) is 12.8 Å². The number of carbonyl (C=O) groups is 1. The first-order chi connectivity index (χ1) is 7.15. The van der Waals surface area contributed by atoms with E-state index in [0.29, 0.717) is 11.6 Å². The second-order valence-corrected chi connectivity index (χ2v) is 3.76. The molecule has 0 bridgehead atoms. The molecule has 0 radical (unpaired) electrons. The summed E-state index contributed by atoms with van der Waals surface area (Å²) in [4.78, 5) is 14.9. The second-order valence-electron chi connectivity index (χ2n) is 2.98. The zero-order valence-corrected chi connectivity index (χ0v) is 9.81. The standard InChI is InChI=1S/C10H11Cl2NO2/c1-2-3-4-15-10-8(9(12)14)5-7(11)6-13-10/h5-6H,2-4H2,1H3. The Morgan fingerprint density at radius 2 is 2.33 bits per heavy atom. The van der Waals surface area contributed by atoms with E-state index in [1.54, 1.807) is 0 Å². The van der Waals surface area contributed by atoms with Crippen molar-refractivity contribution in [2.45, 2.75) is 19.8 Å². The Morgan fingerprint density at radius 3 is 2.93 bits per heavy atom. The lowest BCUT2D eigenvalue weighted by molar-refractivity contribution is 0.107. The van der Waals surface area contributed by atoms with Crippen LogP contribution >= 0.6 is 23.2 Å². The number of hydrogen-bond acceptors (Lipinski definition) is 3. The molecular formula is C10H11Cl2NO2. The fourth-order valence-electron chi connectivity index (χ4n) is 0.996. The van der Waals surface area contributed by atoms with Crippen LogP contribution in [0.3, 0.4) is 0 Å². The predicted molar refractivity (Wildman–Crippen MR) is 59.8 cm³/mol. The third kappa shape index (κ3) is 3.68. The third-order valence-electron chi connectivity index (χ3n) is 1.77. The third-order valence-corrected chi connectivity index (χ3v) is 2.18. The molecule has 5 heteroatoms. The number of carbonyl (C=O) groups excluding carboxylic acids is 1. The Morgan fingerprint density at radius 1 is 1.60 bits per heavy atom. The SMILES string of the molecule is CCCCOc1ncc(Cl)cc1C(=O)Cl. The van der Waals surface area contributed by atoms with Crippen molar-refractivity contribution in [3.8, 4) is 5.88 Å². The lowest BCUT2D eigenvalue weighted by Crippen LogP contribution is -2.03. The van der Waals surface area contributed by atoms with E-state index >= 15 is 0 Å². The van der Waals surface area contributed by atoms with Gasteiger partial charge >= 0.3 is 0 Å². The molecule has 0 aliphatic carbocycles. The minimum atomic E-state index is -0.614. The maximum atomic E-state index is 11.0. The lowest BCUT2D eigenvalue weighted by Gasteiger charge is -2.07. The summed E-state index contributed by atoms with van der Waals surface area (Å²) in [5.41, 5.74) is 0.209. The monoisotopic (exact) mass is 247 g/mol. The van der Waals surface area contributed by atoms with Crippen LogP contribution in [0.1, 0.15) is 30.1 Å². The molecule has 15 heavy (non-hydrogen) atoms. The molecule has 0 aliphatic heterocycles. The number of nitrogens with zero attached hydrogens (tertiary/aromatic N) is 1. The molecule has 0 saturated carbocycles. The molecule has 82 valence electrons. The Kier molecular flexibility index (Phi) is 4.85. The van der Waals surface area contributed by atoms with Gasteiger partial charge in [0.15, 0.2) is 0 Å². The number of ether oxygens (including phenoxy) is 1. The summed E-state index contributed by atoms with van der Waals surface area (Å²) in [5, 5.41) is -0.252. The van der Waals surface area contributed by atoms with Gasteiger partial charge in [0.25, 0.3) is 5.24 Å². The van der Waals surface area contributed by atoms with Crippen molar-refractivity contribution in [1.29, 1.82) is 0 Å². The number of rotatable bonds is 5. The van der Waals surface area contributed by atoms with Crippen LogP contribution in [0, 0.1) is 0 Å². The molecule has 0 saturated heterocycles. The fraction of sp³-hybridized carbons (Fsp3) is 0.400. The molecule has 1 aromatic heterocycles. The van der Waals surface area contributed by atoms with Gasteiger partial charge in [-0.05, 0) is 24.1 Å². The molecule has 3 nitrogen and oxygen atoms in total. The normalized spacial score (nSPS) is 10.1. The molecule has 1 rings (SSSR count). The van der Waals surface area contributed by atoms with E-state index in [1.807, 2.05) is 6.92 Å². The minimum absolute atomic E-state index is 0.209. The maximum Gasteiger partial charge on any atom is 0.257 e. The molecule has 0 atom stereocenters. The van der Waals surface area contributed by atoms with E-state index in [4.69, 9.17) is 27.9 Å². The summed E-state index contributed by atoms with van der Waals surface area (Å²) in [6.45, 7) is 2.56. The van der Waals surface area contributed by atoms with Gasteiger partial charge in [-0.1, -0.05) is 24.9 Å². The Hall–Kier alpha value is -0.800. The Balaban J connectivity index is 2.81. The van der Waals surface area contributed by atoms with E-state index in [2.05, 4.69) is 4.98 Å². The molecule has 0 amide bonds. The molecule has 0 aromatic carbocycles. The quantitative estimate of drug-likeness (QED) is 0.592. The van der Waals surface area contributed by atoms with Crippen molar-refractivity contribution in [1.82, 2.24) is 4.98 Å². The summed E-state index contributed by atoms with van der Waals surface area (Å²) in [5.74, 6) is 0.243. The van der Waals surface area contributed by atoms with Crippen molar-refractivity contribution in [3.05, 3.63) is 22.8 Å². The number of unbranched alkanes of at least 4 members (excludes halogenated alkanes) is 1. The molecule has 0 aliphatic rings. The van der Waals surface area contributed by atoms with Gasteiger partial charge in [-0.25, -0.2) is 4.98 Å². The second kappa shape index (κ2) is 5.93. The zero-order valence-electron chi connectivity index (χ0n) is 8.30. The number of pyridine rings is 1. The van der Waals surface area contributed by atoms with Gasteiger partial charge in [0, 0.05) is 6.20 Å². The first-order valence-corrected chi connectivity index (χ1v) is 5.39. The Labute approximate surface area is 98.4 Å². The van der Waals surface area contributed by atoms with E-state index < -0.39 is 5.24 Å². The van der Waals surface area contributed by atoms with Crippen LogP contribution in [0.2, 0.25) is 5.02 Å². The minimum Gasteiger partial charge on any atom is -0.477 e. The highest BCUT2D eigenvalue weighted by Crippen LogP contribution is 2.21. The zero-order chi connectivity index (χ0) is 11.3. The molecule has 1 heterocycles. The van der Waals surface area contributed by atoms with Gasteiger partial charge in [-0.3, -0.25) is 4.79 Å². The van der Waals surface area contributed by atoms with Gasteiger partial charge in [-0.2, -0.15) is 0 Å². The van der Waals surface area contributed by atoms with Gasteiger partial charge in [0.05, 0.1) is 17.2 Å². The first kappa shape index (κ1) is 12.3. The van der Waals surface area contributed by atoms with Crippen LogP contribution in [0.25, 0.3) is 0 Å². The summed E-state index contributed by atoms with van der Waals surface area (Å²) in [6, 6.07) is 1.45. The summed E-state index contributed by atoms with van der Waals surface area (Å²) >= 11 is 11.1. The fourth-order valence-corrected chi connectivity index (χ4v) is 1.29. The first-order valence-electron chi connectivity index (χ1n) is 4.63. The van der Waals surface area contributed by atoms with Crippen molar-refractivity contribution in [2.75, 3.05) is 6.61 Å². The average molecular weight is 248 g/mol. The molecule has 1 aromatic rings. The van der Waals surface area contributed by atoms with Crippen molar-refractivity contribution in [3.63, 3.8) is 0 Å². The summed E-state index contributed by atoms with van der Waals surface area (Å²) in [7, 11) is 0. The van der Waals surface area contributed by atoms with Crippen LogP contribution < -0.4 is 4.74 Å². The summed E-state index contributed by atoms with van der Waals surface area (Å²) in [6.07, 6.45) is 3.34. The molecule has 0 fully saturated rings. The molecule has 0 spiro atoms. The van der Waals surface area contributed by atoms with Crippen molar-refractivity contribution in [2.24, 2.45) is 0 Å². The molecule has 0 unspecified atom stereocenters. The van der Waals surface area contributed by atoms with E-state index in [1.165, 1.54) is 12.3 Å². The van der Waals surface area contributed by atoms with Gasteiger partial charge < -0.3 is 4.74 Å². The van der Waals surface area contributed by atoms with Gasteiger partial charge in [0.1, 0.15) is 0 Å². The number of halogens is 2. The largest absolute Gasteiger partial charge is 0.477 e. The molecule has 0 N–H and O–H groups in total. The summed E-state index contributed by atoms with van der Waals surface area (Å²) < 4.78 is 5.32. The number of aromatic nitrogens is 1. The average Bonchev–Trinajstić information content (AvgIpc) is 2.20. The highest BCUT2D eigenvalue weighted by atomic mass is 35.5.